The fourth-order valence-corrected chi connectivity index (χ4v) is 7.02. The van der Waals surface area contributed by atoms with Crippen molar-refractivity contribution in [1.29, 1.82) is 0 Å². The van der Waals surface area contributed by atoms with Crippen LogP contribution in [0.4, 0.5) is 5.69 Å². The second-order valence-corrected chi connectivity index (χ2v) is 10.8. The van der Waals surface area contributed by atoms with Crippen molar-refractivity contribution < 1.29 is 23.9 Å². The predicted molar refractivity (Wildman–Crippen MR) is 150 cm³/mol. The number of nitrogens with one attached hydrogen (secondary N) is 1. The number of likely N-dealkylation sites (tertiary alicyclic amines) is 1. The van der Waals surface area contributed by atoms with E-state index >= 15 is 0 Å². The van der Waals surface area contributed by atoms with Crippen molar-refractivity contribution >= 4 is 29.4 Å². The Bertz CT molecular complexity index is 1410. The largest absolute Gasteiger partial charge is 0.454 e. The van der Waals surface area contributed by atoms with Gasteiger partial charge in [-0.25, -0.2) is 4.79 Å². The van der Waals surface area contributed by atoms with Gasteiger partial charge in [-0.3, -0.25) is 19.3 Å². The molecule has 4 aliphatic rings. The first-order valence-corrected chi connectivity index (χ1v) is 14.0. The van der Waals surface area contributed by atoms with Gasteiger partial charge >= 0.3 is 5.97 Å². The van der Waals surface area contributed by atoms with Gasteiger partial charge < -0.3 is 10.1 Å². The van der Waals surface area contributed by atoms with Crippen LogP contribution in [0.1, 0.15) is 66.0 Å². The van der Waals surface area contributed by atoms with E-state index in [0.717, 1.165) is 56.8 Å². The lowest BCUT2D eigenvalue weighted by Gasteiger charge is -2.45. The van der Waals surface area contributed by atoms with Crippen LogP contribution in [0.15, 0.2) is 66.7 Å². The third-order valence-electron chi connectivity index (χ3n) is 8.82. The van der Waals surface area contributed by atoms with Crippen LogP contribution in [0.5, 0.6) is 0 Å². The summed E-state index contributed by atoms with van der Waals surface area (Å²) in [7, 11) is 0. The molecule has 1 fully saturated rings. The number of ether oxygens (including phenoxy) is 1. The summed E-state index contributed by atoms with van der Waals surface area (Å²) in [6, 6.07) is 20.7. The van der Waals surface area contributed by atoms with E-state index in [-0.39, 0.29) is 23.7 Å². The fourth-order valence-electron chi connectivity index (χ4n) is 7.02. The molecular formula is C33H32N2O5. The number of para-hydroxylation sites is 1. The summed E-state index contributed by atoms with van der Waals surface area (Å²) in [6.45, 7) is 5.01. The topological polar surface area (TPSA) is 92.8 Å². The molecule has 3 aromatic rings. The fraction of sp³-hybridized carbons (Fsp3) is 0.333. The molecule has 2 bridgehead atoms. The lowest BCUT2D eigenvalue weighted by molar-refractivity contribution is -0.159. The van der Waals surface area contributed by atoms with Crippen molar-refractivity contribution in [2.75, 3.05) is 11.9 Å². The second-order valence-electron chi connectivity index (χ2n) is 10.8. The smallest absolute Gasteiger partial charge is 0.329 e. The Balaban J connectivity index is 1.20. The Hall–Kier alpha value is -4.26. The Kier molecular flexibility index (Phi) is 6.53. The maximum absolute atomic E-state index is 13.8. The van der Waals surface area contributed by atoms with Crippen LogP contribution < -0.4 is 5.32 Å². The predicted octanol–water partition coefficient (Wildman–Crippen LogP) is 4.57. The van der Waals surface area contributed by atoms with Gasteiger partial charge in [-0.1, -0.05) is 80.6 Å². The van der Waals surface area contributed by atoms with Crippen LogP contribution >= 0.6 is 0 Å². The van der Waals surface area contributed by atoms with Gasteiger partial charge in [0, 0.05) is 17.5 Å². The monoisotopic (exact) mass is 536 g/mol. The number of benzene rings is 3. The summed E-state index contributed by atoms with van der Waals surface area (Å²) < 4.78 is 5.34. The van der Waals surface area contributed by atoms with E-state index in [9.17, 15) is 19.2 Å². The van der Waals surface area contributed by atoms with E-state index < -0.39 is 36.4 Å². The highest BCUT2D eigenvalue weighted by Crippen LogP contribution is 2.61. The zero-order chi connectivity index (χ0) is 28.1. The van der Waals surface area contributed by atoms with E-state index in [0.29, 0.717) is 0 Å². The molecule has 1 heterocycles. The van der Waals surface area contributed by atoms with Crippen molar-refractivity contribution in [3.8, 4) is 0 Å². The van der Waals surface area contributed by atoms with Crippen molar-refractivity contribution in [3.63, 3.8) is 0 Å². The van der Waals surface area contributed by atoms with Crippen molar-refractivity contribution in [1.82, 2.24) is 4.90 Å². The molecule has 1 saturated heterocycles. The van der Waals surface area contributed by atoms with E-state index in [4.69, 9.17) is 4.74 Å². The van der Waals surface area contributed by atoms with Gasteiger partial charge in [0.2, 0.25) is 11.8 Å². The molecule has 3 amide bonds. The molecule has 0 saturated carbocycles. The highest BCUT2D eigenvalue weighted by Gasteiger charge is 2.62. The number of rotatable bonds is 7. The van der Waals surface area contributed by atoms with Crippen molar-refractivity contribution in [3.05, 3.63) is 100 Å². The second kappa shape index (κ2) is 10.0. The number of amides is 3. The number of nitrogens with zero attached hydrogens (tertiary/aromatic N) is 1. The van der Waals surface area contributed by atoms with Gasteiger partial charge in [-0.05, 0) is 53.1 Å². The maximum atomic E-state index is 13.8. The Morgan fingerprint density at radius 1 is 0.775 bits per heavy atom. The van der Waals surface area contributed by atoms with Crippen molar-refractivity contribution in [2.24, 2.45) is 11.8 Å². The summed E-state index contributed by atoms with van der Waals surface area (Å²) in [5, 5.41) is 2.88. The van der Waals surface area contributed by atoms with E-state index in [1.165, 1.54) is 6.92 Å². The molecule has 0 spiro atoms. The number of aryl methyl sites for hydroxylation is 2. The average Bonchev–Trinajstić information content (AvgIpc) is 3.25. The Morgan fingerprint density at radius 3 is 1.65 bits per heavy atom. The minimum Gasteiger partial charge on any atom is -0.454 e. The first-order valence-electron chi connectivity index (χ1n) is 14.0. The zero-order valence-electron chi connectivity index (χ0n) is 22.8. The van der Waals surface area contributed by atoms with Crippen LogP contribution in [0.25, 0.3) is 0 Å². The van der Waals surface area contributed by atoms with E-state index in [2.05, 4.69) is 5.32 Å². The normalized spacial score (nSPS) is 22.8. The highest BCUT2D eigenvalue weighted by molar-refractivity contribution is 6.10. The minimum absolute atomic E-state index is 0.246. The molecule has 7 nitrogen and oxygen atoms in total. The van der Waals surface area contributed by atoms with Crippen LogP contribution in [0.3, 0.4) is 0 Å². The molecular weight excluding hydrogens is 504 g/mol. The highest BCUT2D eigenvalue weighted by atomic mass is 16.5. The number of hydrogen-bond acceptors (Lipinski definition) is 5. The summed E-state index contributed by atoms with van der Waals surface area (Å²) in [6.07, 6.45) is 1.50. The molecule has 1 N–H and O–H groups in total. The number of hydrogen-bond donors (Lipinski definition) is 1. The summed E-state index contributed by atoms with van der Waals surface area (Å²) >= 11 is 0. The number of carbonyl (C=O) groups is 4. The van der Waals surface area contributed by atoms with Gasteiger partial charge in [-0.15, -0.1) is 0 Å². The average molecular weight is 537 g/mol. The van der Waals surface area contributed by atoms with Gasteiger partial charge in [0.05, 0.1) is 11.8 Å². The van der Waals surface area contributed by atoms with Crippen molar-refractivity contribution in [2.45, 2.75) is 51.5 Å². The molecule has 0 unspecified atom stereocenters. The van der Waals surface area contributed by atoms with E-state index in [1.807, 2.05) is 80.6 Å². The molecule has 3 aliphatic carbocycles. The van der Waals surface area contributed by atoms with Gasteiger partial charge in [0.1, 0.15) is 6.04 Å². The number of carbonyl (C=O) groups excluding carboxylic acids is 4. The molecule has 0 radical (unpaired) electrons. The SMILES string of the molecule is CCc1cccc(CC)c1NC(=O)COC(=O)[C@H](C)N1C(=O)[C@@H]2C3c4ccccc4C(c4ccccc43)[C@@H]2C1=O. The zero-order valence-corrected chi connectivity index (χ0v) is 22.8. The maximum Gasteiger partial charge on any atom is 0.329 e. The molecule has 7 heteroatoms. The lowest BCUT2D eigenvalue weighted by Crippen LogP contribution is -2.45. The molecule has 1 aliphatic heterocycles. The summed E-state index contributed by atoms with van der Waals surface area (Å²) in [5.41, 5.74) is 7.02. The molecule has 204 valence electrons. The van der Waals surface area contributed by atoms with Crippen LogP contribution in [0.2, 0.25) is 0 Å². The first kappa shape index (κ1) is 26.0. The number of imide groups is 1. The number of esters is 1. The molecule has 3 aromatic carbocycles. The van der Waals surface area contributed by atoms with Gasteiger partial charge in [0.25, 0.3) is 5.91 Å². The summed E-state index contributed by atoms with van der Waals surface area (Å²) in [5.74, 6) is -3.59. The van der Waals surface area contributed by atoms with Crippen LogP contribution in [-0.4, -0.2) is 41.2 Å². The van der Waals surface area contributed by atoms with Gasteiger partial charge in [0.15, 0.2) is 6.61 Å². The van der Waals surface area contributed by atoms with E-state index in [1.54, 1.807) is 0 Å². The molecule has 7 rings (SSSR count). The Morgan fingerprint density at radius 2 is 1.23 bits per heavy atom. The van der Waals surface area contributed by atoms with Crippen LogP contribution in [-0.2, 0) is 36.8 Å². The quantitative estimate of drug-likeness (QED) is 0.353. The third-order valence-corrected chi connectivity index (χ3v) is 8.82. The lowest BCUT2D eigenvalue weighted by atomic mass is 9.55. The summed E-state index contributed by atoms with van der Waals surface area (Å²) in [4.78, 5) is 54.6. The van der Waals surface area contributed by atoms with Crippen LogP contribution in [0, 0.1) is 11.8 Å². The third kappa shape index (κ3) is 3.86. The number of anilines is 1. The standard InChI is InChI=1S/C33H32N2O5/c1-4-19-11-10-12-20(5-2)30(19)34-25(36)17-40-33(39)18(3)35-31(37)28-26-21-13-6-7-14-22(21)27(29(28)32(35)38)24-16-9-8-15-23(24)26/h6-16,18,26-29H,4-5,17H2,1-3H3,(H,34,36)/t18-,26?,27?,28-,29+/m0/s1. The Labute approximate surface area is 233 Å². The van der Waals surface area contributed by atoms with Gasteiger partial charge in [-0.2, -0.15) is 0 Å². The first-order chi connectivity index (χ1) is 19.4. The molecule has 40 heavy (non-hydrogen) atoms. The minimum atomic E-state index is -1.14. The molecule has 0 aromatic heterocycles. The molecule has 3 atom stereocenters.